The number of benzene rings is 1. The predicted octanol–water partition coefficient (Wildman–Crippen LogP) is 3.24. The van der Waals surface area contributed by atoms with Crippen molar-refractivity contribution >= 4 is 27.5 Å². The Morgan fingerprint density at radius 2 is 2.21 bits per heavy atom. The third-order valence-electron chi connectivity index (χ3n) is 2.43. The molecular weight excluding hydrogens is 315 g/mol. The van der Waals surface area contributed by atoms with Gasteiger partial charge in [0.2, 0.25) is 0 Å². The summed E-state index contributed by atoms with van der Waals surface area (Å²) in [7, 11) is 1.45. The van der Waals surface area contributed by atoms with Crippen LogP contribution in [0.4, 0.5) is 10.1 Å². The van der Waals surface area contributed by atoms with E-state index in [0.717, 1.165) is 0 Å². The zero-order chi connectivity index (χ0) is 13.8. The Morgan fingerprint density at radius 1 is 1.42 bits per heavy atom. The van der Waals surface area contributed by atoms with Crippen LogP contribution in [-0.2, 0) is 0 Å². The second kappa shape index (κ2) is 5.79. The van der Waals surface area contributed by atoms with Gasteiger partial charge in [-0.25, -0.2) is 4.39 Å². The Morgan fingerprint density at radius 3 is 2.89 bits per heavy atom. The first-order valence-electron chi connectivity index (χ1n) is 5.36. The van der Waals surface area contributed by atoms with Crippen molar-refractivity contribution in [3.05, 3.63) is 52.5 Å². The second-order valence-electron chi connectivity index (χ2n) is 3.66. The summed E-state index contributed by atoms with van der Waals surface area (Å²) in [5.74, 6) is -0.474. The fourth-order valence-corrected chi connectivity index (χ4v) is 1.75. The molecule has 0 unspecified atom stereocenters. The van der Waals surface area contributed by atoms with Crippen LogP contribution in [0.1, 0.15) is 10.4 Å². The van der Waals surface area contributed by atoms with Crippen molar-refractivity contribution in [1.82, 2.24) is 4.98 Å². The van der Waals surface area contributed by atoms with E-state index >= 15 is 0 Å². The number of methoxy groups -OCH3 is 1. The maximum Gasteiger partial charge on any atom is 0.259 e. The van der Waals surface area contributed by atoms with Gasteiger partial charge >= 0.3 is 0 Å². The molecule has 19 heavy (non-hydrogen) atoms. The molecule has 4 nitrogen and oxygen atoms in total. The highest BCUT2D eigenvalue weighted by molar-refractivity contribution is 9.10. The monoisotopic (exact) mass is 324 g/mol. The van der Waals surface area contributed by atoms with E-state index in [1.165, 1.54) is 37.7 Å². The van der Waals surface area contributed by atoms with Crippen LogP contribution in [0.5, 0.6) is 5.75 Å². The zero-order valence-corrected chi connectivity index (χ0v) is 11.6. The Hall–Kier alpha value is -1.95. The molecule has 0 spiro atoms. The van der Waals surface area contributed by atoms with Crippen LogP contribution in [0.2, 0.25) is 0 Å². The van der Waals surface area contributed by atoms with Crippen molar-refractivity contribution in [2.75, 3.05) is 12.4 Å². The minimum atomic E-state index is -0.445. The molecule has 0 aliphatic heterocycles. The van der Waals surface area contributed by atoms with Gasteiger partial charge in [-0.15, -0.1) is 0 Å². The molecule has 0 radical (unpaired) electrons. The lowest BCUT2D eigenvalue weighted by Crippen LogP contribution is -2.13. The molecule has 1 heterocycles. The van der Waals surface area contributed by atoms with E-state index in [1.54, 1.807) is 6.07 Å². The summed E-state index contributed by atoms with van der Waals surface area (Å²) in [6, 6.07) is 5.88. The van der Waals surface area contributed by atoms with E-state index in [-0.39, 0.29) is 5.91 Å². The van der Waals surface area contributed by atoms with Gasteiger partial charge in [0, 0.05) is 11.9 Å². The van der Waals surface area contributed by atoms with E-state index in [2.05, 4.69) is 26.2 Å². The molecule has 1 N–H and O–H groups in total. The van der Waals surface area contributed by atoms with E-state index in [0.29, 0.717) is 21.5 Å². The Kier molecular flexibility index (Phi) is 4.11. The molecule has 0 aliphatic carbocycles. The number of nitrogens with zero attached hydrogens (tertiary/aromatic N) is 1. The summed E-state index contributed by atoms with van der Waals surface area (Å²) in [4.78, 5) is 15.9. The van der Waals surface area contributed by atoms with Gasteiger partial charge in [0.15, 0.2) is 0 Å². The van der Waals surface area contributed by atoms with Crippen molar-refractivity contribution in [2.24, 2.45) is 0 Å². The van der Waals surface area contributed by atoms with Crippen molar-refractivity contribution in [3.8, 4) is 5.75 Å². The lowest BCUT2D eigenvalue weighted by atomic mass is 10.2. The molecule has 6 heteroatoms. The van der Waals surface area contributed by atoms with Crippen LogP contribution < -0.4 is 10.1 Å². The molecule has 2 aromatic rings. The predicted molar refractivity (Wildman–Crippen MR) is 72.8 cm³/mol. The van der Waals surface area contributed by atoms with Crippen LogP contribution in [-0.4, -0.2) is 18.0 Å². The SMILES string of the molecule is COc1cnccc1C(=O)Nc1ccc(Br)c(F)c1. The number of ether oxygens (including phenoxy) is 1. The molecule has 0 saturated carbocycles. The number of rotatable bonds is 3. The van der Waals surface area contributed by atoms with E-state index in [4.69, 9.17) is 4.74 Å². The molecule has 0 bridgehead atoms. The number of carbonyl (C=O) groups is 1. The molecule has 1 amide bonds. The summed E-state index contributed by atoms with van der Waals surface area (Å²) in [6.07, 6.45) is 2.93. The van der Waals surface area contributed by atoms with Crippen LogP contribution in [0, 0.1) is 5.82 Å². The summed E-state index contributed by atoms with van der Waals surface area (Å²) in [5, 5.41) is 2.59. The van der Waals surface area contributed by atoms with Crippen molar-refractivity contribution in [1.29, 1.82) is 0 Å². The second-order valence-corrected chi connectivity index (χ2v) is 4.51. The number of aromatic nitrogens is 1. The molecule has 0 atom stereocenters. The number of hydrogen-bond donors (Lipinski definition) is 1. The highest BCUT2D eigenvalue weighted by Gasteiger charge is 2.12. The number of pyridine rings is 1. The van der Waals surface area contributed by atoms with Crippen molar-refractivity contribution < 1.29 is 13.9 Å². The van der Waals surface area contributed by atoms with E-state index < -0.39 is 5.82 Å². The molecule has 0 fully saturated rings. The maximum absolute atomic E-state index is 13.3. The van der Waals surface area contributed by atoms with Crippen LogP contribution in [0.3, 0.4) is 0 Å². The number of carbonyl (C=O) groups excluding carboxylic acids is 1. The standard InChI is InChI=1S/C13H10BrFN2O2/c1-19-12-7-16-5-4-9(12)13(18)17-8-2-3-10(14)11(15)6-8/h2-7H,1H3,(H,17,18). The normalized spacial score (nSPS) is 10.1. The Bertz CT molecular complexity index is 619. The van der Waals surface area contributed by atoms with Gasteiger partial charge in [-0.2, -0.15) is 0 Å². The van der Waals surface area contributed by atoms with Gasteiger partial charge in [-0.3, -0.25) is 9.78 Å². The number of amides is 1. The minimum Gasteiger partial charge on any atom is -0.494 e. The molecule has 0 aliphatic rings. The quantitative estimate of drug-likeness (QED) is 0.942. The summed E-state index contributed by atoms with van der Waals surface area (Å²) in [5.41, 5.74) is 0.699. The third kappa shape index (κ3) is 3.08. The highest BCUT2D eigenvalue weighted by atomic mass is 79.9. The third-order valence-corrected chi connectivity index (χ3v) is 3.07. The first-order valence-corrected chi connectivity index (χ1v) is 6.15. The number of nitrogens with one attached hydrogen (secondary N) is 1. The molecule has 0 saturated heterocycles. The zero-order valence-electron chi connectivity index (χ0n) is 9.98. The highest BCUT2D eigenvalue weighted by Crippen LogP contribution is 2.21. The van der Waals surface area contributed by atoms with Crippen molar-refractivity contribution in [2.45, 2.75) is 0 Å². The fraction of sp³-hybridized carbons (Fsp3) is 0.0769. The number of hydrogen-bond acceptors (Lipinski definition) is 3. The van der Waals surface area contributed by atoms with Gasteiger partial charge in [0.05, 0.1) is 23.3 Å². The lowest BCUT2D eigenvalue weighted by Gasteiger charge is -2.09. The lowest BCUT2D eigenvalue weighted by molar-refractivity contribution is 0.102. The fourth-order valence-electron chi connectivity index (χ4n) is 1.50. The van der Waals surface area contributed by atoms with Crippen LogP contribution in [0.25, 0.3) is 0 Å². The molecular formula is C13H10BrFN2O2. The van der Waals surface area contributed by atoms with Crippen molar-refractivity contribution in [3.63, 3.8) is 0 Å². The molecule has 1 aromatic heterocycles. The smallest absolute Gasteiger partial charge is 0.259 e. The summed E-state index contributed by atoms with van der Waals surface area (Å²) in [6.45, 7) is 0. The molecule has 1 aromatic carbocycles. The Balaban J connectivity index is 2.23. The van der Waals surface area contributed by atoms with Gasteiger partial charge in [-0.05, 0) is 40.2 Å². The first kappa shape index (κ1) is 13.5. The topological polar surface area (TPSA) is 51.2 Å². The first-order chi connectivity index (χ1) is 9.11. The van der Waals surface area contributed by atoms with E-state index in [1.807, 2.05) is 0 Å². The average molecular weight is 325 g/mol. The molecule has 98 valence electrons. The minimum absolute atomic E-state index is 0.334. The van der Waals surface area contributed by atoms with Crippen LogP contribution in [0.15, 0.2) is 41.1 Å². The average Bonchev–Trinajstić information content (AvgIpc) is 2.43. The van der Waals surface area contributed by atoms with Gasteiger partial charge in [0.1, 0.15) is 11.6 Å². The van der Waals surface area contributed by atoms with Gasteiger partial charge in [0.25, 0.3) is 5.91 Å². The number of halogens is 2. The number of anilines is 1. The maximum atomic E-state index is 13.3. The van der Waals surface area contributed by atoms with Gasteiger partial charge < -0.3 is 10.1 Å². The largest absolute Gasteiger partial charge is 0.494 e. The summed E-state index contributed by atoms with van der Waals surface area (Å²) >= 11 is 3.05. The van der Waals surface area contributed by atoms with E-state index in [9.17, 15) is 9.18 Å². The van der Waals surface area contributed by atoms with Gasteiger partial charge in [-0.1, -0.05) is 0 Å². The van der Waals surface area contributed by atoms with Crippen LogP contribution >= 0.6 is 15.9 Å². The Labute approximate surface area is 117 Å². The molecule has 2 rings (SSSR count). The summed E-state index contributed by atoms with van der Waals surface area (Å²) < 4.78 is 18.7.